The van der Waals surface area contributed by atoms with Crippen molar-refractivity contribution in [3.05, 3.63) is 0 Å². The van der Waals surface area contributed by atoms with Crippen LogP contribution in [0, 0.1) is 0 Å². The fraction of sp³-hybridized carbons (Fsp3) is 0. The third-order valence-electron chi connectivity index (χ3n) is 0. The second-order valence-electron chi connectivity index (χ2n) is 0. The zero-order chi connectivity index (χ0) is 2.00. The summed E-state index contributed by atoms with van der Waals surface area (Å²) in [5.74, 6) is 0. The maximum atomic E-state index is 6.00. The van der Waals surface area contributed by atoms with Crippen LogP contribution in [0.15, 0.2) is 0 Å². The fourth-order valence-corrected chi connectivity index (χ4v) is 0. The molecule has 2 nitrogen and oxygen atoms in total. The van der Waals surface area contributed by atoms with E-state index >= 15 is 0 Å². The molecule has 0 rings (SSSR count). The van der Waals surface area contributed by atoms with Gasteiger partial charge in [-0.25, -0.2) is 0 Å². The monoisotopic (exact) mass is 132 g/mol. The molecule has 26 valence electrons. The van der Waals surface area contributed by atoms with E-state index in [9.17, 15) is 0 Å². The smallest absolute Gasteiger partial charge is 1.00 e. The Balaban J connectivity index is -0.00000000167. The van der Waals surface area contributed by atoms with Crippen molar-refractivity contribution in [2.24, 2.45) is 0 Å². The van der Waals surface area contributed by atoms with Gasteiger partial charge in [-0.15, -0.1) is 0 Å². The predicted molar refractivity (Wildman–Crippen MR) is 6.37 cm³/mol. The summed E-state index contributed by atoms with van der Waals surface area (Å²) < 4.78 is 0. The number of hydrogen-bond donors (Lipinski definition) is 2. The first-order valence-corrected chi connectivity index (χ1v) is 0.200. The van der Waals surface area contributed by atoms with Gasteiger partial charge < -0.3 is 1.43 Å². The number of hydrogen-bond acceptors (Lipinski definition) is 2. The van der Waals surface area contributed by atoms with E-state index < -0.39 is 0 Å². The molecule has 0 aliphatic heterocycles. The van der Waals surface area contributed by atoms with Crippen LogP contribution in [-0.4, -0.2) is 10.5 Å². The molecule has 4 heavy (non-hydrogen) atoms. The van der Waals surface area contributed by atoms with Crippen LogP contribution < -0.4 is 51.4 Å². The molecular weight excluding hydrogens is 130 g/mol. The minimum atomic E-state index is 0. The van der Waals surface area contributed by atoms with Crippen LogP contribution >= 0.6 is 0 Å². The summed E-state index contributed by atoms with van der Waals surface area (Å²) in [7, 11) is 0. The summed E-state index contributed by atoms with van der Waals surface area (Å²) in [5.41, 5.74) is 0. The van der Waals surface area contributed by atoms with Crippen LogP contribution in [0.2, 0.25) is 0 Å². The third kappa shape index (κ3) is 8.97. The SMILES string of the molecule is OO.[H-].[K+].[Ni]. The molecule has 0 aliphatic carbocycles. The van der Waals surface area contributed by atoms with Crippen molar-refractivity contribution in [3.8, 4) is 0 Å². The van der Waals surface area contributed by atoms with Gasteiger partial charge in [0.25, 0.3) is 0 Å². The van der Waals surface area contributed by atoms with E-state index in [4.69, 9.17) is 10.5 Å². The Hall–Kier alpha value is 2.05. The van der Waals surface area contributed by atoms with Crippen molar-refractivity contribution in [2.45, 2.75) is 0 Å². The summed E-state index contributed by atoms with van der Waals surface area (Å²) in [6.45, 7) is 0. The predicted octanol–water partition coefficient (Wildman–Crippen LogP) is -2.87. The largest absolute Gasteiger partial charge is 1.00 e. The average Bonchev–Trinajstić information content (AvgIpc) is 1.00. The molecule has 0 saturated heterocycles. The van der Waals surface area contributed by atoms with E-state index in [0.29, 0.717) is 0 Å². The van der Waals surface area contributed by atoms with Crippen molar-refractivity contribution in [3.63, 3.8) is 0 Å². The van der Waals surface area contributed by atoms with Gasteiger partial charge in [0.15, 0.2) is 0 Å². The molecular formula is H3KNiO2. The van der Waals surface area contributed by atoms with Crippen molar-refractivity contribution < 1.29 is 79.8 Å². The molecule has 0 aromatic heterocycles. The second-order valence-corrected chi connectivity index (χ2v) is 0. The minimum Gasteiger partial charge on any atom is -1.00 e. The zero-order valence-electron chi connectivity index (χ0n) is 3.21. The number of rotatable bonds is 0. The van der Waals surface area contributed by atoms with Gasteiger partial charge in [-0.1, -0.05) is 0 Å². The van der Waals surface area contributed by atoms with Gasteiger partial charge in [0.05, 0.1) is 0 Å². The van der Waals surface area contributed by atoms with E-state index in [1.54, 1.807) is 0 Å². The third-order valence-corrected chi connectivity index (χ3v) is 0. The first-order chi connectivity index (χ1) is 1.00. The summed E-state index contributed by atoms with van der Waals surface area (Å²) in [4.78, 5) is 0. The van der Waals surface area contributed by atoms with Gasteiger partial charge in [-0.3, -0.25) is 10.5 Å². The molecule has 0 spiro atoms. The molecule has 0 radical (unpaired) electrons. The van der Waals surface area contributed by atoms with E-state index in [-0.39, 0.29) is 69.3 Å². The summed E-state index contributed by atoms with van der Waals surface area (Å²) in [5, 5.41) is 12.0. The van der Waals surface area contributed by atoms with Crippen molar-refractivity contribution in [2.75, 3.05) is 0 Å². The summed E-state index contributed by atoms with van der Waals surface area (Å²) in [6, 6.07) is 0. The fourth-order valence-electron chi connectivity index (χ4n) is 0. The Morgan fingerprint density at radius 3 is 1.25 bits per heavy atom. The molecule has 4 heteroatoms. The van der Waals surface area contributed by atoms with Crippen LogP contribution in [0.5, 0.6) is 0 Å². The van der Waals surface area contributed by atoms with E-state index in [0.717, 1.165) is 0 Å². The maximum absolute atomic E-state index is 6.00. The van der Waals surface area contributed by atoms with Crippen molar-refractivity contribution in [1.82, 2.24) is 0 Å². The van der Waals surface area contributed by atoms with Crippen molar-refractivity contribution in [1.29, 1.82) is 0 Å². The molecule has 0 unspecified atom stereocenters. The van der Waals surface area contributed by atoms with E-state index in [1.807, 2.05) is 0 Å². The molecule has 0 heterocycles. The summed E-state index contributed by atoms with van der Waals surface area (Å²) in [6.07, 6.45) is 0. The van der Waals surface area contributed by atoms with Crippen LogP contribution in [0.4, 0.5) is 0 Å². The van der Waals surface area contributed by atoms with Crippen molar-refractivity contribution >= 4 is 0 Å². The standard InChI is InChI=1S/K.Ni.H2O2.H/c;;1-2;/h;;1-2H;/q+1;;;-1. The van der Waals surface area contributed by atoms with E-state index in [1.165, 1.54) is 0 Å². The Kier molecular flexibility index (Phi) is 81.7. The second kappa shape index (κ2) is 19.7. The molecule has 0 aromatic carbocycles. The maximum Gasteiger partial charge on any atom is 1.00 e. The molecule has 0 bridgehead atoms. The first kappa shape index (κ1) is 16.6. The van der Waals surface area contributed by atoms with Gasteiger partial charge in [-0.2, -0.15) is 0 Å². The van der Waals surface area contributed by atoms with Gasteiger partial charge >= 0.3 is 51.4 Å². The van der Waals surface area contributed by atoms with Gasteiger partial charge in [-0.05, 0) is 0 Å². The Morgan fingerprint density at radius 2 is 1.25 bits per heavy atom. The minimum absolute atomic E-state index is 0. The van der Waals surface area contributed by atoms with Crippen LogP contribution in [0.1, 0.15) is 1.43 Å². The van der Waals surface area contributed by atoms with Gasteiger partial charge in [0.2, 0.25) is 0 Å². The molecule has 0 fully saturated rings. The Labute approximate surface area is 78.3 Å². The van der Waals surface area contributed by atoms with Crippen LogP contribution in [-0.2, 0) is 16.5 Å². The Morgan fingerprint density at radius 1 is 1.25 bits per heavy atom. The average molecular weight is 133 g/mol. The Bertz CT molecular complexity index is 9.61. The molecule has 0 saturated carbocycles. The quantitative estimate of drug-likeness (QED) is 0.212. The molecule has 0 aliphatic rings. The molecule has 0 atom stereocenters. The molecule has 0 amide bonds. The molecule has 0 aromatic rings. The van der Waals surface area contributed by atoms with Gasteiger partial charge in [0, 0.05) is 16.5 Å². The normalized spacial score (nSPS) is 1.50. The first-order valence-electron chi connectivity index (χ1n) is 0.200. The van der Waals surface area contributed by atoms with Crippen LogP contribution in [0.3, 0.4) is 0 Å². The molecule has 2 N–H and O–H groups in total. The van der Waals surface area contributed by atoms with E-state index in [2.05, 4.69) is 0 Å². The topological polar surface area (TPSA) is 40.5 Å². The summed E-state index contributed by atoms with van der Waals surface area (Å²) >= 11 is 0. The van der Waals surface area contributed by atoms with Gasteiger partial charge in [0.1, 0.15) is 0 Å². The van der Waals surface area contributed by atoms with Crippen LogP contribution in [0.25, 0.3) is 0 Å². The zero-order valence-corrected chi connectivity index (χ0v) is 6.32.